The molecule has 0 fully saturated rings. The van der Waals surface area contributed by atoms with Gasteiger partial charge in [-0.2, -0.15) is 0 Å². The first kappa shape index (κ1) is 95.1. The van der Waals surface area contributed by atoms with Crippen LogP contribution in [0.5, 0.6) is 0 Å². The molecule has 9 heterocycles. The molecule has 0 aliphatic carbocycles. The zero-order valence-corrected chi connectivity index (χ0v) is 79.9. The van der Waals surface area contributed by atoms with E-state index in [1.807, 2.05) is 384 Å². The maximum Gasteiger partial charge on any atom is 0.164 e. The third-order valence-corrected chi connectivity index (χ3v) is 20.3. The van der Waals surface area contributed by atoms with Crippen LogP contribution in [0.1, 0.15) is 22.8 Å². The third-order valence-electron chi connectivity index (χ3n) is 20.3. The molecule has 18 heteroatoms. The Morgan fingerprint density at radius 2 is 0.406 bits per heavy atom. The molecular formula is C115H83Ir3N15-6. The van der Waals surface area contributed by atoms with Gasteiger partial charge in [-0.25, -0.2) is 44.9 Å². The second kappa shape index (κ2) is 48.8. The monoisotopic (exact) mass is 2250 g/mol. The van der Waals surface area contributed by atoms with Crippen molar-refractivity contribution in [1.29, 1.82) is 0 Å². The number of aryl methyl sites for hydroxylation is 4. The molecule has 3 radical (unpaired) electrons. The van der Waals surface area contributed by atoms with Crippen LogP contribution in [0.3, 0.4) is 0 Å². The predicted molar refractivity (Wildman–Crippen MR) is 519 cm³/mol. The Hall–Kier alpha value is -15.5. The minimum absolute atomic E-state index is 0. The van der Waals surface area contributed by atoms with Crippen molar-refractivity contribution >= 4 is 0 Å². The normalized spacial score (nSPS) is 10.2. The van der Waals surface area contributed by atoms with Crippen molar-refractivity contribution < 1.29 is 60.3 Å². The van der Waals surface area contributed by atoms with Crippen molar-refractivity contribution in [3.8, 4) is 170 Å². The summed E-state index contributed by atoms with van der Waals surface area (Å²) in [5.41, 5.74) is 24.9. The summed E-state index contributed by atoms with van der Waals surface area (Å²) < 4.78 is 0. The third kappa shape index (κ3) is 26.4. The van der Waals surface area contributed by atoms with Gasteiger partial charge in [0.15, 0.2) is 23.3 Å². The molecule has 0 unspecified atom stereocenters. The zero-order chi connectivity index (χ0) is 88.7. The second-order valence-corrected chi connectivity index (χ2v) is 29.5. The van der Waals surface area contributed by atoms with E-state index in [0.29, 0.717) is 40.8 Å². The van der Waals surface area contributed by atoms with E-state index in [1.165, 1.54) is 16.7 Å². The van der Waals surface area contributed by atoms with E-state index in [0.717, 1.165) is 135 Å². The van der Waals surface area contributed by atoms with E-state index in [2.05, 4.69) is 127 Å². The molecular weight excluding hydrogens is 2170 g/mol. The Balaban J connectivity index is 0.000000141. The Morgan fingerprint density at radius 1 is 0.173 bits per heavy atom. The summed E-state index contributed by atoms with van der Waals surface area (Å²) in [6.45, 7) is 7.97. The van der Waals surface area contributed by atoms with Crippen molar-refractivity contribution in [2.24, 2.45) is 0 Å². The number of aromatic nitrogens is 15. The van der Waals surface area contributed by atoms with Gasteiger partial charge < -0.3 is 29.9 Å². The van der Waals surface area contributed by atoms with Gasteiger partial charge in [0.2, 0.25) is 0 Å². The fourth-order valence-corrected chi connectivity index (χ4v) is 13.9. The number of benzene rings is 12. The van der Waals surface area contributed by atoms with Gasteiger partial charge in [-0.05, 0) is 108 Å². The SMILES string of the molecule is Cc1cc(-c2[c-]ccc(-c3nc(-c4ccccc4)nc(-c4ccccc4)n3)c2)ncc1-c1ccccc1.Cc1cc(-c2[c-]cccc2)ncc1-c1ccccc1.Cc1nc(C)nc(-c2cc[c-]c(-c3ccccn3)c2)n1.[Ir].[Ir].[Ir].[c-]1ccc(-c2nc(-c3ccccc3)nc(-c3ccccc3)n2)cc1-c1ccccn1.[c-]1ccccc1-c1ccccn1.[c-]1ccccc1-c1ccccn1. The van der Waals surface area contributed by atoms with Crippen molar-refractivity contribution in [1.82, 2.24) is 74.8 Å². The first-order chi connectivity index (χ1) is 64.1. The molecule has 21 aromatic rings. The molecule has 12 aromatic carbocycles. The summed E-state index contributed by atoms with van der Waals surface area (Å²) in [7, 11) is 0. The number of pyridine rings is 6. The topological polar surface area (TPSA) is 193 Å². The first-order valence-electron chi connectivity index (χ1n) is 42.2. The summed E-state index contributed by atoms with van der Waals surface area (Å²) in [4.78, 5) is 68.3. The molecule has 651 valence electrons. The van der Waals surface area contributed by atoms with Crippen LogP contribution < -0.4 is 0 Å². The molecule has 0 atom stereocenters. The Bertz CT molecular complexity index is 6870. The molecule has 0 bridgehead atoms. The van der Waals surface area contributed by atoms with Gasteiger partial charge in [-0.3, -0.25) is 0 Å². The molecule has 21 rings (SSSR count). The molecule has 0 saturated carbocycles. The van der Waals surface area contributed by atoms with Gasteiger partial charge in [-0.15, -0.1) is 197 Å². The summed E-state index contributed by atoms with van der Waals surface area (Å²) in [5.74, 6) is 5.92. The van der Waals surface area contributed by atoms with Crippen molar-refractivity contribution in [3.05, 3.63) is 491 Å². The number of nitrogens with zero attached hydrogens (tertiary/aromatic N) is 15. The largest absolute Gasteiger partial charge is 0.305 e. The Labute approximate surface area is 816 Å². The van der Waals surface area contributed by atoms with E-state index in [9.17, 15) is 0 Å². The minimum atomic E-state index is 0. The Morgan fingerprint density at radius 3 is 0.677 bits per heavy atom. The van der Waals surface area contributed by atoms with Crippen molar-refractivity contribution in [2.45, 2.75) is 27.7 Å². The summed E-state index contributed by atoms with van der Waals surface area (Å²) in [5, 5.41) is 0. The number of hydrogen-bond donors (Lipinski definition) is 0. The first-order valence-corrected chi connectivity index (χ1v) is 42.2. The molecule has 0 saturated heterocycles. The quantitative estimate of drug-likeness (QED) is 0.0879. The fourth-order valence-electron chi connectivity index (χ4n) is 13.9. The molecule has 0 aliphatic rings. The van der Waals surface area contributed by atoms with E-state index < -0.39 is 0 Å². The van der Waals surface area contributed by atoms with E-state index in [-0.39, 0.29) is 60.3 Å². The molecule has 133 heavy (non-hydrogen) atoms. The second-order valence-electron chi connectivity index (χ2n) is 29.5. The van der Waals surface area contributed by atoms with Gasteiger partial charge in [0.25, 0.3) is 0 Å². The maximum absolute atomic E-state index is 4.85. The van der Waals surface area contributed by atoms with Gasteiger partial charge in [0.1, 0.15) is 29.1 Å². The molecule has 0 amide bonds. The maximum atomic E-state index is 4.85. The van der Waals surface area contributed by atoms with Gasteiger partial charge in [0.05, 0.1) is 0 Å². The van der Waals surface area contributed by atoms with E-state index >= 15 is 0 Å². The van der Waals surface area contributed by atoms with Crippen molar-refractivity contribution in [2.75, 3.05) is 0 Å². The van der Waals surface area contributed by atoms with Crippen LogP contribution in [0.25, 0.3) is 170 Å². The van der Waals surface area contributed by atoms with E-state index in [4.69, 9.17) is 34.9 Å². The molecule has 0 N–H and O–H groups in total. The predicted octanol–water partition coefficient (Wildman–Crippen LogP) is 26.1. The average Bonchev–Trinajstić information content (AvgIpc) is 0.794. The van der Waals surface area contributed by atoms with Gasteiger partial charge in [0, 0.05) is 131 Å². The van der Waals surface area contributed by atoms with E-state index in [1.54, 1.807) is 24.8 Å². The number of hydrogen-bond acceptors (Lipinski definition) is 15. The fraction of sp³-hybridized carbons (Fsp3) is 0.0348. The zero-order valence-electron chi connectivity index (χ0n) is 72.7. The van der Waals surface area contributed by atoms with Crippen LogP contribution in [0.15, 0.2) is 431 Å². The van der Waals surface area contributed by atoms with Crippen LogP contribution >= 0.6 is 0 Å². The Kier molecular flexibility index (Phi) is 34.9. The summed E-state index contributed by atoms with van der Waals surface area (Å²) >= 11 is 0. The molecule has 0 aliphatic heterocycles. The summed E-state index contributed by atoms with van der Waals surface area (Å²) in [6.07, 6.45) is 11.0. The smallest absolute Gasteiger partial charge is 0.164 e. The average molecular weight is 2250 g/mol. The van der Waals surface area contributed by atoms with Gasteiger partial charge >= 0.3 is 0 Å². The van der Waals surface area contributed by atoms with Crippen LogP contribution in [0.4, 0.5) is 0 Å². The number of rotatable bonds is 15. The van der Waals surface area contributed by atoms with Crippen molar-refractivity contribution in [3.63, 3.8) is 0 Å². The summed E-state index contributed by atoms with van der Waals surface area (Å²) in [6, 6.07) is 149. The van der Waals surface area contributed by atoms with Gasteiger partial charge in [-0.1, -0.05) is 259 Å². The minimum Gasteiger partial charge on any atom is -0.305 e. The van der Waals surface area contributed by atoms with Crippen LogP contribution in [-0.2, 0) is 60.3 Å². The van der Waals surface area contributed by atoms with Crippen LogP contribution in [0.2, 0.25) is 0 Å². The molecule has 0 spiro atoms. The molecule has 15 nitrogen and oxygen atoms in total. The van der Waals surface area contributed by atoms with Crippen LogP contribution in [-0.4, -0.2) is 74.8 Å². The van der Waals surface area contributed by atoms with Crippen LogP contribution in [0, 0.1) is 64.1 Å². The standard InChI is InChI=1S/C33H23N4.C26H17N4.C18H14N.C16H13N4.2C11H8N.3Ir/c1-23-20-30(34-22-29(23)24-12-5-2-6-13-24)27-18-11-19-28(21-27)33-36-31(25-14-7-3-8-15-25)35-32(37-33)26-16-9-4-10-17-26;1-3-10-19(11-4-1)24-28-25(20-12-5-2-6-13-20)30-26(29-24)22-15-9-14-21(18-22)23-16-7-8-17-27-23;1-14-12-18(16-10-6-3-7-11-16)19-13-17(14)15-8-4-2-5-9-15;1-11-18-12(2)20-16(19-11)14-7-5-6-13(10-14)15-8-3-4-9-17-15;2*1-2-6-10(7-3-1)11-8-4-5-9-12-11;;;/h2-17,19-22H,1H3;1-13,15-18H;2-10,12-13H,1H3;3-5,7-10H,1-2H3;2*1-6,8-9H;;;/q6*-1;;;. The molecule has 9 aromatic heterocycles.